The second-order valence-electron chi connectivity index (χ2n) is 18.1. The van der Waals surface area contributed by atoms with E-state index < -0.39 is 30.3 Å². The van der Waals surface area contributed by atoms with Gasteiger partial charge >= 0.3 is 30.3 Å². The van der Waals surface area contributed by atoms with Crippen LogP contribution in [0.4, 0.5) is 23.1 Å². The fraction of sp³-hybridized carbons (Fsp3) is 0.214. The predicted octanol–water partition coefficient (Wildman–Crippen LogP) is 14.5. The van der Waals surface area contributed by atoms with Crippen LogP contribution in [0.2, 0.25) is 0 Å². The van der Waals surface area contributed by atoms with Crippen molar-refractivity contribution in [3.8, 4) is 23.0 Å². The smallest absolute Gasteiger partial charge is 0.589 e. The van der Waals surface area contributed by atoms with Crippen molar-refractivity contribution in [2.75, 3.05) is 0 Å². The normalized spacial score (nSPS) is 17.4. The zero-order chi connectivity index (χ0) is 45.9. The standard InChI is InChI=1S/2C28H26N2O3.2Al.O/c2*31-24-12-6-4-10-21(24)17-29-27-23-16-20(19-8-2-1-3-9-19)14-15-26(23)33-28(27)30-18-22-11-5-7-13-25(22)32;;;/h2*4-7,10-19,31-32H,1-3,8-9H2;;;/q;;2*+2;/p-4/b2*29-17?,30-18+;;;. The van der Waals surface area contributed by atoms with Crippen molar-refractivity contribution < 1.29 is 26.8 Å². The Kier molecular flexibility index (Phi) is 12.5. The van der Waals surface area contributed by atoms with E-state index >= 15 is 0 Å². The van der Waals surface area contributed by atoms with Gasteiger partial charge in [-0.25, -0.2) is 20.0 Å². The number of hydrogen-bond donors (Lipinski definition) is 0. The summed E-state index contributed by atoms with van der Waals surface area (Å²) in [6.07, 6.45) is 19.4. The lowest BCUT2D eigenvalue weighted by molar-refractivity contribution is 0.236. The fourth-order valence-electron chi connectivity index (χ4n) is 9.95. The van der Waals surface area contributed by atoms with Crippen LogP contribution in [0.3, 0.4) is 0 Å². The zero-order valence-electron chi connectivity index (χ0n) is 38.0. The fourth-order valence-corrected chi connectivity index (χ4v) is 13.3. The van der Waals surface area contributed by atoms with Crippen LogP contribution in [-0.2, 0) is 2.84 Å². The van der Waals surface area contributed by atoms with Crippen LogP contribution < -0.4 is 15.2 Å². The van der Waals surface area contributed by atoms with Crippen molar-refractivity contribution in [3.05, 3.63) is 167 Å². The van der Waals surface area contributed by atoms with Gasteiger partial charge < -0.3 is 26.8 Å². The molecule has 12 rings (SSSR count). The van der Waals surface area contributed by atoms with Crippen molar-refractivity contribution >= 4 is 100 Å². The van der Waals surface area contributed by atoms with E-state index in [4.69, 9.17) is 46.8 Å². The molecule has 69 heavy (non-hydrogen) atoms. The first-order valence-corrected chi connectivity index (χ1v) is 27.0. The topological polar surface area (TPSA) is 122 Å². The molecule has 0 saturated heterocycles. The largest absolute Gasteiger partial charge is 1.07 e. The second kappa shape index (κ2) is 19.7. The van der Waals surface area contributed by atoms with Crippen molar-refractivity contribution in [1.29, 1.82) is 0 Å². The monoisotopic (exact) mass is 942 g/mol. The Bertz CT molecular complexity index is 3080. The van der Waals surface area contributed by atoms with E-state index in [1.54, 1.807) is 24.9 Å². The molecule has 0 unspecified atom stereocenters. The molecule has 0 radical (unpaired) electrons. The van der Waals surface area contributed by atoms with Gasteiger partial charge in [0, 0.05) is 57.9 Å². The minimum Gasteiger partial charge on any atom is -0.589 e. The molecule has 340 valence electrons. The van der Waals surface area contributed by atoms with Gasteiger partial charge in [-0.2, -0.15) is 0 Å². The highest BCUT2D eigenvalue weighted by molar-refractivity contribution is 6.54. The Morgan fingerprint density at radius 1 is 0.391 bits per heavy atom. The molecule has 11 nitrogen and oxygen atoms in total. The number of fused-ring (bicyclic) bond motifs is 10. The molecule has 4 heterocycles. The molecule has 8 aromatic rings. The van der Waals surface area contributed by atoms with Gasteiger partial charge in [-0.1, -0.05) is 99.2 Å². The SMILES string of the molecule is C1=Nc2c(oc3ccc(C4CCCCC4)cc23)/N=C/c2ccccc2[O][Al]([O][Al]2[O]c3ccccc3C=Nc3c(oc4ccc(C5CCCCC5)cc34)/N=C/c3ccccc3[O]2)[O]c2ccccc21. The van der Waals surface area contributed by atoms with Crippen LogP contribution in [0.1, 0.15) is 109 Å². The molecular formula is C56H48Al2N4O7. The Labute approximate surface area is 410 Å². The van der Waals surface area contributed by atoms with E-state index in [0.29, 0.717) is 69.1 Å². The average molecular weight is 943 g/mol. The highest BCUT2D eigenvalue weighted by atomic mass is 27.3. The number of para-hydroxylation sites is 4. The van der Waals surface area contributed by atoms with Crippen LogP contribution in [0.5, 0.6) is 23.0 Å². The van der Waals surface area contributed by atoms with Crippen LogP contribution >= 0.6 is 0 Å². The van der Waals surface area contributed by atoms with Crippen molar-refractivity contribution in [3.63, 3.8) is 0 Å². The maximum atomic E-state index is 6.95. The number of furan rings is 2. The van der Waals surface area contributed by atoms with Gasteiger partial charge in [-0.05, 0) is 121 Å². The van der Waals surface area contributed by atoms with Gasteiger partial charge in [0.25, 0.3) is 0 Å². The summed E-state index contributed by atoms with van der Waals surface area (Å²) in [5.41, 5.74) is 8.23. The third kappa shape index (κ3) is 9.42. The average Bonchev–Trinajstić information content (AvgIpc) is 3.93. The number of nitrogens with zero attached hydrogens (tertiary/aromatic N) is 4. The first-order chi connectivity index (χ1) is 34.1. The van der Waals surface area contributed by atoms with E-state index in [1.807, 2.05) is 97.1 Å². The summed E-state index contributed by atoms with van der Waals surface area (Å²) in [4.78, 5) is 20.0. The van der Waals surface area contributed by atoms with Crippen molar-refractivity contribution in [2.24, 2.45) is 20.0 Å². The molecule has 0 spiro atoms. The molecule has 13 heteroatoms. The summed E-state index contributed by atoms with van der Waals surface area (Å²) in [5, 5.41) is 1.84. The van der Waals surface area contributed by atoms with Crippen molar-refractivity contribution in [1.82, 2.24) is 0 Å². The number of hydrogen-bond acceptors (Lipinski definition) is 11. The van der Waals surface area contributed by atoms with Crippen molar-refractivity contribution in [2.45, 2.75) is 76.0 Å². The Morgan fingerprint density at radius 3 is 1.12 bits per heavy atom. The predicted molar refractivity (Wildman–Crippen MR) is 274 cm³/mol. The number of benzene rings is 6. The van der Waals surface area contributed by atoms with Gasteiger partial charge in [0.1, 0.15) is 22.5 Å². The van der Waals surface area contributed by atoms with E-state index in [9.17, 15) is 0 Å². The van der Waals surface area contributed by atoms with E-state index in [2.05, 4.69) is 36.4 Å². The third-order valence-electron chi connectivity index (χ3n) is 13.6. The summed E-state index contributed by atoms with van der Waals surface area (Å²) in [6, 6.07) is 43.7. The van der Waals surface area contributed by atoms with Crippen LogP contribution in [0.15, 0.2) is 162 Å². The van der Waals surface area contributed by atoms with Gasteiger partial charge in [-0.3, -0.25) is 0 Å². The molecule has 2 saturated carbocycles. The first kappa shape index (κ1) is 43.6. The van der Waals surface area contributed by atoms with E-state index in [1.165, 1.54) is 75.3 Å². The van der Waals surface area contributed by atoms with Gasteiger partial charge in [0.15, 0.2) is 0 Å². The summed E-state index contributed by atoms with van der Waals surface area (Å²) in [7, 11) is 0. The van der Waals surface area contributed by atoms with E-state index in [-0.39, 0.29) is 0 Å². The number of aliphatic imine (C=N–C) groups is 4. The lowest BCUT2D eigenvalue weighted by atomic mass is 9.84. The molecule has 2 fully saturated rings. The zero-order valence-corrected chi connectivity index (χ0v) is 40.3. The molecule has 2 aliphatic carbocycles. The van der Waals surface area contributed by atoms with Crippen LogP contribution in [0.25, 0.3) is 21.9 Å². The molecule has 0 bridgehead atoms. The Morgan fingerprint density at radius 2 is 0.739 bits per heavy atom. The summed E-state index contributed by atoms with van der Waals surface area (Å²) >= 11 is -6.58. The highest BCUT2D eigenvalue weighted by Gasteiger charge is 2.53. The van der Waals surface area contributed by atoms with Gasteiger partial charge in [-0.15, -0.1) is 0 Å². The Balaban J connectivity index is 0.915. The minimum atomic E-state index is -3.29. The quantitative estimate of drug-likeness (QED) is 0.161. The summed E-state index contributed by atoms with van der Waals surface area (Å²) < 4.78 is 47.2. The molecule has 0 amide bonds. The minimum absolute atomic E-state index is 0.405. The maximum absolute atomic E-state index is 6.95. The molecule has 2 aliphatic heterocycles. The third-order valence-corrected chi connectivity index (χ3v) is 17.2. The first-order valence-electron chi connectivity index (χ1n) is 24.1. The molecule has 4 aliphatic rings. The van der Waals surface area contributed by atoms with Crippen LogP contribution in [-0.4, -0.2) is 55.2 Å². The van der Waals surface area contributed by atoms with Crippen LogP contribution in [0, 0.1) is 0 Å². The van der Waals surface area contributed by atoms with Gasteiger partial charge in [0.05, 0.1) is 23.0 Å². The number of rotatable bonds is 4. The molecule has 0 N–H and O–H groups in total. The lowest BCUT2D eigenvalue weighted by Crippen LogP contribution is -2.46. The molecular weight excluding hydrogens is 895 g/mol. The molecule has 0 atom stereocenters. The van der Waals surface area contributed by atoms with Gasteiger partial charge in [0.2, 0.25) is 11.8 Å². The molecule has 2 aromatic heterocycles. The second-order valence-corrected chi connectivity index (χ2v) is 21.2. The summed E-state index contributed by atoms with van der Waals surface area (Å²) in [6.45, 7) is 0. The maximum Gasteiger partial charge on any atom is 1.07 e. The summed E-state index contributed by atoms with van der Waals surface area (Å²) in [5.74, 6) is 3.93. The lowest BCUT2D eigenvalue weighted by Gasteiger charge is -2.22. The highest BCUT2D eigenvalue weighted by Crippen LogP contribution is 2.45. The molecule has 6 aromatic carbocycles. The van der Waals surface area contributed by atoms with E-state index in [0.717, 1.165) is 33.1 Å². The Hall–Kier alpha value is -6.70.